The first-order chi connectivity index (χ1) is 19.9. The summed E-state index contributed by atoms with van der Waals surface area (Å²) in [5, 5.41) is 0.930. The molecular formula is C36H44N2O3. The molecule has 0 spiro atoms. The Morgan fingerprint density at radius 2 is 1.68 bits per heavy atom. The van der Waals surface area contributed by atoms with Crippen LogP contribution in [0, 0.1) is 5.92 Å². The molecule has 0 N–H and O–H groups in total. The van der Waals surface area contributed by atoms with Crippen molar-refractivity contribution in [3.05, 3.63) is 101 Å². The molecule has 1 aromatic heterocycles. The summed E-state index contributed by atoms with van der Waals surface area (Å²) >= 11 is 0. The second kappa shape index (κ2) is 14.2. The molecule has 0 aliphatic rings. The lowest BCUT2D eigenvalue weighted by Gasteiger charge is -2.33. The number of carbonyl (C=O) groups excluding carboxylic acids is 2. The van der Waals surface area contributed by atoms with Gasteiger partial charge in [0.25, 0.3) is 0 Å². The molecule has 0 bridgehead atoms. The van der Waals surface area contributed by atoms with E-state index in [2.05, 4.69) is 67.5 Å². The topological polar surface area (TPSA) is 51.5 Å². The molecule has 1 heterocycles. The number of fused-ring (bicyclic) bond motifs is 1. The highest BCUT2D eigenvalue weighted by Crippen LogP contribution is 2.32. The van der Waals surface area contributed by atoms with Crippen LogP contribution in [0.2, 0.25) is 0 Å². The van der Waals surface area contributed by atoms with E-state index in [0.29, 0.717) is 43.0 Å². The van der Waals surface area contributed by atoms with E-state index >= 15 is 0 Å². The SMILES string of the molecule is CCOC(=O)CCCn1cc(C(=O)c2cccc(N(CC)C(CC)c3ccc(CC(C)C)cc3)c2)c2ccccc21. The molecule has 41 heavy (non-hydrogen) atoms. The van der Waals surface area contributed by atoms with Gasteiger partial charge in [0, 0.05) is 53.4 Å². The highest BCUT2D eigenvalue weighted by atomic mass is 16.5. The van der Waals surface area contributed by atoms with Crippen LogP contribution in [-0.4, -0.2) is 29.5 Å². The first kappa shape index (κ1) is 30.1. The van der Waals surface area contributed by atoms with Gasteiger partial charge in [-0.25, -0.2) is 0 Å². The molecule has 1 atom stereocenters. The van der Waals surface area contributed by atoms with E-state index in [0.717, 1.165) is 36.0 Å². The fourth-order valence-corrected chi connectivity index (χ4v) is 5.79. The van der Waals surface area contributed by atoms with Crippen molar-refractivity contribution in [3.8, 4) is 0 Å². The Balaban J connectivity index is 1.59. The summed E-state index contributed by atoms with van der Waals surface area (Å²) in [6.07, 6.45) is 5.01. The van der Waals surface area contributed by atoms with Crippen LogP contribution in [0.25, 0.3) is 10.9 Å². The number of hydrogen-bond donors (Lipinski definition) is 0. The minimum atomic E-state index is -0.186. The average molecular weight is 553 g/mol. The van der Waals surface area contributed by atoms with Crippen LogP contribution >= 0.6 is 0 Å². The van der Waals surface area contributed by atoms with E-state index in [1.54, 1.807) is 0 Å². The summed E-state index contributed by atoms with van der Waals surface area (Å²) in [6.45, 7) is 12.6. The number of anilines is 1. The van der Waals surface area contributed by atoms with Crippen molar-refractivity contribution in [2.24, 2.45) is 5.92 Å². The van der Waals surface area contributed by atoms with Gasteiger partial charge in [0.05, 0.1) is 12.6 Å². The molecule has 0 fully saturated rings. The van der Waals surface area contributed by atoms with E-state index in [1.807, 2.05) is 55.6 Å². The lowest BCUT2D eigenvalue weighted by atomic mass is 9.96. The number of carbonyl (C=O) groups is 2. The number of ketones is 1. The van der Waals surface area contributed by atoms with Crippen molar-refractivity contribution in [1.29, 1.82) is 0 Å². The Labute approximate surface area is 245 Å². The van der Waals surface area contributed by atoms with Crippen molar-refractivity contribution >= 4 is 28.3 Å². The lowest BCUT2D eigenvalue weighted by molar-refractivity contribution is -0.143. The van der Waals surface area contributed by atoms with Gasteiger partial charge in [-0.1, -0.05) is 75.4 Å². The normalized spacial score (nSPS) is 12.0. The molecule has 0 aliphatic carbocycles. The lowest BCUT2D eigenvalue weighted by Crippen LogP contribution is -2.28. The van der Waals surface area contributed by atoms with Crippen LogP contribution in [0.5, 0.6) is 0 Å². The molecule has 4 aromatic rings. The zero-order valence-corrected chi connectivity index (χ0v) is 25.2. The monoisotopic (exact) mass is 552 g/mol. The van der Waals surface area contributed by atoms with Gasteiger partial charge in [-0.05, 0) is 68.4 Å². The summed E-state index contributed by atoms with van der Waals surface area (Å²) < 4.78 is 7.16. The quantitative estimate of drug-likeness (QED) is 0.116. The van der Waals surface area contributed by atoms with Crippen molar-refractivity contribution in [2.75, 3.05) is 18.1 Å². The van der Waals surface area contributed by atoms with E-state index in [9.17, 15) is 9.59 Å². The number of rotatable bonds is 14. The number of para-hydroxylation sites is 1. The van der Waals surface area contributed by atoms with Crippen molar-refractivity contribution in [3.63, 3.8) is 0 Å². The number of nitrogens with zero attached hydrogens (tertiary/aromatic N) is 2. The van der Waals surface area contributed by atoms with Crippen LogP contribution in [0.1, 0.15) is 87.0 Å². The Morgan fingerprint density at radius 1 is 0.927 bits per heavy atom. The summed E-state index contributed by atoms with van der Waals surface area (Å²) in [5.41, 5.74) is 6.08. The summed E-state index contributed by atoms with van der Waals surface area (Å²) in [6, 6.07) is 25.3. The van der Waals surface area contributed by atoms with E-state index in [4.69, 9.17) is 4.74 Å². The molecule has 3 aromatic carbocycles. The Morgan fingerprint density at radius 3 is 2.37 bits per heavy atom. The van der Waals surface area contributed by atoms with Crippen LogP contribution in [0.15, 0.2) is 79.0 Å². The molecule has 0 radical (unpaired) electrons. The minimum absolute atomic E-state index is 0.00864. The van der Waals surface area contributed by atoms with Gasteiger partial charge in [0.15, 0.2) is 5.78 Å². The molecular weight excluding hydrogens is 508 g/mol. The van der Waals surface area contributed by atoms with Gasteiger partial charge in [-0.3, -0.25) is 9.59 Å². The van der Waals surface area contributed by atoms with Gasteiger partial charge < -0.3 is 14.2 Å². The number of benzene rings is 3. The third-order valence-electron chi connectivity index (χ3n) is 7.67. The first-order valence-corrected chi connectivity index (χ1v) is 15.1. The zero-order chi connectivity index (χ0) is 29.4. The molecule has 216 valence electrons. The van der Waals surface area contributed by atoms with Crippen molar-refractivity contribution < 1.29 is 14.3 Å². The molecule has 5 nitrogen and oxygen atoms in total. The van der Waals surface area contributed by atoms with E-state index in [1.165, 1.54) is 11.1 Å². The van der Waals surface area contributed by atoms with Crippen LogP contribution in [-0.2, 0) is 22.5 Å². The van der Waals surface area contributed by atoms with Crippen LogP contribution < -0.4 is 4.90 Å². The Hall–Kier alpha value is -3.86. The van der Waals surface area contributed by atoms with Crippen LogP contribution in [0.3, 0.4) is 0 Å². The fourth-order valence-electron chi connectivity index (χ4n) is 5.79. The summed E-state index contributed by atoms with van der Waals surface area (Å²) in [5.74, 6) is 0.456. The average Bonchev–Trinajstić information content (AvgIpc) is 3.34. The Bertz CT molecular complexity index is 1450. The predicted molar refractivity (Wildman–Crippen MR) is 169 cm³/mol. The molecule has 5 heteroatoms. The van der Waals surface area contributed by atoms with Crippen LogP contribution in [0.4, 0.5) is 5.69 Å². The second-order valence-corrected chi connectivity index (χ2v) is 11.1. The number of hydrogen-bond acceptors (Lipinski definition) is 4. The van der Waals surface area contributed by atoms with Gasteiger partial charge >= 0.3 is 5.97 Å². The molecule has 0 aliphatic heterocycles. The predicted octanol–water partition coefficient (Wildman–Crippen LogP) is 8.39. The van der Waals surface area contributed by atoms with Crippen molar-refractivity contribution in [2.45, 2.75) is 72.9 Å². The number of ether oxygens (including phenoxy) is 1. The highest BCUT2D eigenvalue weighted by molar-refractivity contribution is 6.16. The number of aryl methyl sites for hydroxylation is 1. The molecule has 0 saturated carbocycles. The molecule has 1 unspecified atom stereocenters. The maximum atomic E-state index is 13.9. The maximum absolute atomic E-state index is 13.9. The molecule has 4 rings (SSSR count). The number of aromatic nitrogens is 1. The van der Waals surface area contributed by atoms with Crippen molar-refractivity contribution in [1.82, 2.24) is 4.57 Å². The third kappa shape index (κ3) is 7.27. The van der Waals surface area contributed by atoms with E-state index < -0.39 is 0 Å². The first-order valence-electron chi connectivity index (χ1n) is 15.1. The van der Waals surface area contributed by atoms with E-state index in [-0.39, 0.29) is 17.8 Å². The largest absolute Gasteiger partial charge is 0.466 e. The zero-order valence-electron chi connectivity index (χ0n) is 25.2. The highest BCUT2D eigenvalue weighted by Gasteiger charge is 2.21. The van der Waals surface area contributed by atoms with Gasteiger partial charge in [0.2, 0.25) is 0 Å². The standard InChI is InChI=1S/C36H44N2O3/c1-6-33(28-20-18-27(19-21-28)23-26(4)5)38(7-2)30-14-11-13-29(24-30)36(40)32-25-37(22-12-17-35(39)41-8-3)34-16-10-9-15-31(32)34/h9-11,13-16,18-21,24-26,33H,6-8,12,17,22-23H2,1-5H3. The smallest absolute Gasteiger partial charge is 0.305 e. The minimum Gasteiger partial charge on any atom is -0.466 e. The summed E-state index contributed by atoms with van der Waals surface area (Å²) in [4.78, 5) is 28.2. The second-order valence-electron chi connectivity index (χ2n) is 11.1. The fraction of sp³-hybridized carbons (Fsp3) is 0.389. The molecule has 0 amide bonds. The van der Waals surface area contributed by atoms with Gasteiger partial charge in [-0.15, -0.1) is 0 Å². The Kier molecular flexibility index (Phi) is 10.4. The van der Waals surface area contributed by atoms with Gasteiger partial charge in [0.1, 0.15) is 0 Å². The number of esters is 1. The maximum Gasteiger partial charge on any atom is 0.305 e. The molecule has 0 saturated heterocycles. The summed E-state index contributed by atoms with van der Waals surface area (Å²) in [7, 11) is 0. The third-order valence-corrected chi connectivity index (χ3v) is 7.67. The van der Waals surface area contributed by atoms with Gasteiger partial charge in [-0.2, -0.15) is 0 Å².